The molecule has 5 rings (SSSR count). The highest BCUT2D eigenvalue weighted by Gasteiger charge is 2.32. The summed E-state index contributed by atoms with van der Waals surface area (Å²) in [5.41, 5.74) is -0.408. The zero-order valence-electron chi connectivity index (χ0n) is 24.0. The lowest BCUT2D eigenvalue weighted by atomic mass is 9.89. The van der Waals surface area contributed by atoms with Crippen molar-refractivity contribution >= 4 is 35.0 Å². The second-order valence-electron chi connectivity index (χ2n) is 11.6. The zero-order valence-corrected chi connectivity index (χ0v) is 24.0. The summed E-state index contributed by atoms with van der Waals surface area (Å²) in [6, 6.07) is 4.56. The van der Waals surface area contributed by atoms with Gasteiger partial charge in [0.1, 0.15) is 28.5 Å². The highest BCUT2D eigenvalue weighted by atomic mass is 16.6. The fourth-order valence-electron chi connectivity index (χ4n) is 5.18. The fraction of sp³-hybridized carbons (Fsp3) is 0.536. The number of methoxy groups -OCH3 is 1. The molecule has 13 nitrogen and oxygen atoms in total. The molecule has 2 saturated carbocycles. The molecule has 0 radical (unpaired) electrons. The maximum Gasteiger partial charge on any atom is 0.415 e. The third-order valence-electron chi connectivity index (χ3n) is 7.56. The lowest BCUT2D eigenvalue weighted by Gasteiger charge is -2.34. The van der Waals surface area contributed by atoms with E-state index >= 15 is 0 Å². The number of aromatic nitrogens is 4. The van der Waals surface area contributed by atoms with Gasteiger partial charge in [0.2, 0.25) is 0 Å². The van der Waals surface area contributed by atoms with Gasteiger partial charge in [0.15, 0.2) is 5.65 Å². The van der Waals surface area contributed by atoms with Gasteiger partial charge in [0, 0.05) is 32.5 Å². The molecular formula is C28H37N7O6. The van der Waals surface area contributed by atoms with Crippen LogP contribution in [0.4, 0.5) is 22.1 Å². The smallest absolute Gasteiger partial charge is 0.415 e. The normalized spacial score (nSPS) is 22.3. The Bertz CT molecular complexity index is 1510. The van der Waals surface area contributed by atoms with E-state index in [4.69, 9.17) is 9.47 Å². The Balaban J connectivity index is 1.52. The summed E-state index contributed by atoms with van der Waals surface area (Å²) in [5.74, 6) is 0.150. The molecule has 0 spiro atoms. The summed E-state index contributed by atoms with van der Waals surface area (Å²) in [6.07, 6.45) is 5.68. The van der Waals surface area contributed by atoms with Crippen LogP contribution in [0.15, 0.2) is 35.4 Å². The molecule has 3 N–H and O–H groups in total. The predicted molar refractivity (Wildman–Crippen MR) is 152 cm³/mol. The van der Waals surface area contributed by atoms with E-state index < -0.39 is 17.8 Å². The van der Waals surface area contributed by atoms with Crippen LogP contribution in [0.3, 0.4) is 0 Å². The molecule has 2 aliphatic carbocycles. The van der Waals surface area contributed by atoms with Gasteiger partial charge in [-0.1, -0.05) is 0 Å². The minimum Gasteiger partial charge on any atom is -0.443 e. The summed E-state index contributed by atoms with van der Waals surface area (Å²) in [7, 11) is 3.20. The van der Waals surface area contributed by atoms with Crippen LogP contribution in [0, 0.1) is 0 Å². The molecule has 2 fully saturated rings. The van der Waals surface area contributed by atoms with Gasteiger partial charge < -0.3 is 29.8 Å². The SMILES string of the molecule is CO[C@@H]1CC[C@@H](NC(=O)c2cnn3c(N(C)C(=O)OC(C)(C)C)cc(Nc4cccn([C@@H]5CC[C@@H]5O)c4=O)nc23)C1. The number of rotatable bonds is 7. The van der Waals surface area contributed by atoms with Crippen LogP contribution in [0.2, 0.25) is 0 Å². The van der Waals surface area contributed by atoms with Gasteiger partial charge in [0.25, 0.3) is 11.5 Å². The third-order valence-corrected chi connectivity index (χ3v) is 7.56. The van der Waals surface area contributed by atoms with Crippen molar-refractivity contribution in [3.63, 3.8) is 0 Å². The number of anilines is 3. The number of carbonyl (C=O) groups is 2. The maximum atomic E-state index is 13.3. The molecule has 0 aliphatic heterocycles. The van der Waals surface area contributed by atoms with Crippen molar-refractivity contribution in [2.75, 3.05) is 24.4 Å². The maximum absolute atomic E-state index is 13.3. The van der Waals surface area contributed by atoms with Crippen LogP contribution < -0.4 is 21.1 Å². The molecule has 13 heteroatoms. The van der Waals surface area contributed by atoms with Gasteiger partial charge in [-0.15, -0.1) is 0 Å². The van der Waals surface area contributed by atoms with Crippen LogP contribution in [0.1, 0.15) is 69.3 Å². The minimum atomic E-state index is -0.740. The summed E-state index contributed by atoms with van der Waals surface area (Å²) in [4.78, 5) is 45.5. The second kappa shape index (κ2) is 11.1. The Morgan fingerprint density at radius 2 is 1.98 bits per heavy atom. The molecule has 41 heavy (non-hydrogen) atoms. The largest absolute Gasteiger partial charge is 0.443 e. The van der Waals surface area contributed by atoms with Crippen LogP contribution in [0.5, 0.6) is 0 Å². The van der Waals surface area contributed by atoms with Gasteiger partial charge in [-0.2, -0.15) is 9.61 Å². The molecule has 0 unspecified atom stereocenters. The first-order valence-electron chi connectivity index (χ1n) is 13.8. The third kappa shape index (κ3) is 5.91. The number of carbonyl (C=O) groups excluding carboxylic acids is 2. The first-order chi connectivity index (χ1) is 19.4. The highest BCUT2D eigenvalue weighted by Crippen LogP contribution is 2.31. The van der Waals surface area contributed by atoms with Crippen molar-refractivity contribution in [2.45, 2.75) is 82.8 Å². The number of hydrogen-bond donors (Lipinski definition) is 3. The van der Waals surface area contributed by atoms with Gasteiger partial charge >= 0.3 is 6.09 Å². The van der Waals surface area contributed by atoms with E-state index in [1.807, 2.05) is 0 Å². The lowest BCUT2D eigenvalue weighted by molar-refractivity contribution is 0.0300. The first-order valence-corrected chi connectivity index (χ1v) is 13.8. The fourth-order valence-corrected chi connectivity index (χ4v) is 5.18. The Labute approximate surface area is 237 Å². The highest BCUT2D eigenvalue weighted by molar-refractivity contribution is 6.00. The van der Waals surface area contributed by atoms with Crippen molar-refractivity contribution in [3.05, 3.63) is 46.5 Å². The standard InChI is InChI=1S/C28H37N7O6/c1-28(2,3)41-27(39)33(4)23-14-22(31-19-7-6-12-34(26(19)38)20-10-11-21(20)36)32-24-18(15-29-35(23)24)25(37)30-16-8-9-17(13-16)40-5/h6-7,12,14-17,20-21,36H,8-11,13H2,1-5H3,(H,30,37)(H,31,32)/t16-,17-,20-,21+/m1/s1. The molecule has 0 bridgehead atoms. The molecule has 3 heterocycles. The topological polar surface area (TPSA) is 152 Å². The van der Waals surface area contributed by atoms with E-state index in [1.165, 1.54) is 27.2 Å². The monoisotopic (exact) mass is 567 g/mol. The van der Waals surface area contributed by atoms with Crippen molar-refractivity contribution < 1.29 is 24.2 Å². The van der Waals surface area contributed by atoms with Gasteiger partial charge in [-0.25, -0.2) is 9.78 Å². The zero-order chi connectivity index (χ0) is 29.5. The van der Waals surface area contributed by atoms with Gasteiger partial charge in [-0.05, 0) is 65.0 Å². The number of aliphatic hydroxyl groups excluding tert-OH is 1. The number of amides is 2. The summed E-state index contributed by atoms with van der Waals surface area (Å²) < 4.78 is 13.9. The van der Waals surface area contributed by atoms with E-state index in [0.29, 0.717) is 19.3 Å². The number of nitrogens with one attached hydrogen (secondary N) is 2. The number of nitrogens with zero attached hydrogens (tertiary/aromatic N) is 5. The molecule has 2 amide bonds. The summed E-state index contributed by atoms with van der Waals surface area (Å²) >= 11 is 0. The quantitative estimate of drug-likeness (QED) is 0.391. The Hall–Kier alpha value is -3.97. The van der Waals surface area contributed by atoms with Gasteiger partial charge in [0.05, 0.1) is 24.4 Å². The summed E-state index contributed by atoms with van der Waals surface area (Å²) in [5, 5.41) is 20.6. The Morgan fingerprint density at radius 1 is 1.20 bits per heavy atom. The van der Waals surface area contributed by atoms with Crippen molar-refractivity contribution in [3.8, 4) is 0 Å². The lowest BCUT2D eigenvalue weighted by Crippen LogP contribution is -2.39. The average Bonchev–Trinajstić information content (AvgIpc) is 3.55. The average molecular weight is 568 g/mol. The Kier molecular flexibility index (Phi) is 7.75. The first kappa shape index (κ1) is 28.6. The van der Waals surface area contributed by atoms with E-state index in [9.17, 15) is 19.5 Å². The van der Waals surface area contributed by atoms with E-state index in [2.05, 4.69) is 20.7 Å². The molecular weight excluding hydrogens is 530 g/mol. The molecule has 4 atom stereocenters. The summed E-state index contributed by atoms with van der Waals surface area (Å²) in [6.45, 7) is 5.29. The minimum absolute atomic E-state index is 0.0442. The number of ether oxygens (including phenoxy) is 2. The predicted octanol–water partition coefficient (Wildman–Crippen LogP) is 3.00. The number of hydrogen-bond acceptors (Lipinski definition) is 9. The molecule has 2 aliphatic rings. The van der Waals surface area contributed by atoms with Gasteiger partial charge in [-0.3, -0.25) is 14.5 Å². The van der Waals surface area contributed by atoms with Crippen LogP contribution >= 0.6 is 0 Å². The van der Waals surface area contributed by atoms with E-state index in [1.54, 1.807) is 52.3 Å². The molecule has 220 valence electrons. The van der Waals surface area contributed by atoms with E-state index in [-0.39, 0.29) is 58.2 Å². The van der Waals surface area contributed by atoms with Crippen molar-refractivity contribution in [2.24, 2.45) is 0 Å². The van der Waals surface area contributed by atoms with Crippen LogP contribution in [0.25, 0.3) is 5.65 Å². The number of fused-ring (bicyclic) bond motifs is 1. The number of pyridine rings is 1. The van der Waals surface area contributed by atoms with Crippen LogP contribution in [-0.4, -0.2) is 74.3 Å². The molecule has 0 saturated heterocycles. The van der Waals surface area contributed by atoms with Crippen molar-refractivity contribution in [1.82, 2.24) is 24.5 Å². The van der Waals surface area contributed by atoms with E-state index in [0.717, 1.165) is 12.8 Å². The van der Waals surface area contributed by atoms with Crippen molar-refractivity contribution in [1.29, 1.82) is 0 Å². The molecule has 0 aromatic carbocycles. The molecule has 3 aromatic heterocycles. The second-order valence-corrected chi connectivity index (χ2v) is 11.6. The Morgan fingerprint density at radius 3 is 2.61 bits per heavy atom. The number of aliphatic hydroxyl groups is 1. The van der Waals surface area contributed by atoms with Crippen LogP contribution in [-0.2, 0) is 9.47 Å². The molecule has 3 aromatic rings.